The highest BCUT2D eigenvalue weighted by Gasteiger charge is 2.02. The molecule has 0 saturated heterocycles. The van der Waals surface area contributed by atoms with E-state index in [1.54, 1.807) is 12.1 Å². The lowest BCUT2D eigenvalue weighted by Gasteiger charge is -2.05. The number of nitrogens with zero attached hydrogens (tertiary/aromatic N) is 1. The Morgan fingerprint density at radius 1 is 1.00 bits per heavy atom. The van der Waals surface area contributed by atoms with Gasteiger partial charge in [0, 0.05) is 23.7 Å². The minimum Gasteiger partial charge on any atom is -0.508 e. The van der Waals surface area contributed by atoms with Gasteiger partial charge in [0.25, 0.3) is 0 Å². The summed E-state index contributed by atoms with van der Waals surface area (Å²) in [5, 5.41) is 10.6. The number of fused-ring (bicyclic) bond motifs is 1. The maximum atomic E-state index is 9.53. The lowest BCUT2D eigenvalue weighted by molar-refractivity contribution is 0.475. The monoisotopic (exact) mass is 250 g/mol. The van der Waals surface area contributed by atoms with E-state index in [0.29, 0.717) is 6.54 Å². The highest BCUT2D eigenvalue weighted by atomic mass is 16.3. The van der Waals surface area contributed by atoms with Gasteiger partial charge in [-0.2, -0.15) is 0 Å². The minimum atomic E-state index is 0.258. The van der Waals surface area contributed by atoms with E-state index in [4.69, 9.17) is 5.73 Å². The predicted molar refractivity (Wildman–Crippen MR) is 76.7 cm³/mol. The third-order valence-electron chi connectivity index (χ3n) is 3.16. The second-order valence-corrected chi connectivity index (χ2v) is 4.51. The first-order chi connectivity index (χ1) is 9.26. The van der Waals surface area contributed by atoms with Crippen molar-refractivity contribution in [2.45, 2.75) is 6.54 Å². The highest BCUT2D eigenvalue weighted by molar-refractivity contribution is 5.84. The SMILES string of the molecule is NCc1ccc2ncc(-c3cccc(O)c3)cc2c1. The fourth-order valence-corrected chi connectivity index (χ4v) is 2.15. The summed E-state index contributed by atoms with van der Waals surface area (Å²) in [4.78, 5) is 4.44. The van der Waals surface area contributed by atoms with Crippen molar-refractivity contribution in [3.05, 3.63) is 60.3 Å². The van der Waals surface area contributed by atoms with Crippen LogP contribution in [-0.2, 0) is 6.54 Å². The number of pyridine rings is 1. The third kappa shape index (κ3) is 2.28. The molecule has 3 nitrogen and oxygen atoms in total. The van der Waals surface area contributed by atoms with E-state index in [1.807, 2.05) is 30.5 Å². The molecule has 94 valence electrons. The number of hydrogen-bond donors (Lipinski definition) is 2. The molecule has 3 aromatic rings. The molecule has 2 aromatic carbocycles. The first kappa shape index (κ1) is 11.7. The average Bonchev–Trinajstić information content (AvgIpc) is 2.46. The Bertz CT molecular complexity index is 738. The Kier molecular flexibility index (Phi) is 2.89. The van der Waals surface area contributed by atoms with Crippen molar-refractivity contribution in [1.82, 2.24) is 4.98 Å². The van der Waals surface area contributed by atoms with Crippen LogP contribution in [0.1, 0.15) is 5.56 Å². The van der Waals surface area contributed by atoms with Gasteiger partial charge in [-0.05, 0) is 41.5 Å². The van der Waals surface area contributed by atoms with Crippen LogP contribution in [0.2, 0.25) is 0 Å². The van der Waals surface area contributed by atoms with Gasteiger partial charge in [-0.25, -0.2) is 0 Å². The topological polar surface area (TPSA) is 59.1 Å². The van der Waals surface area contributed by atoms with Gasteiger partial charge in [0.05, 0.1) is 5.52 Å². The lowest BCUT2D eigenvalue weighted by Crippen LogP contribution is -1.95. The zero-order valence-corrected chi connectivity index (χ0v) is 10.4. The molecule has 0 aliphatic rings. The number of hydrogen-bond acceptors (Lipinski definition) is 3. The van der Waals surface area contributed by atoms with Crippen LogP contribution in [0.4, 0.5) is 0 Å². The van der Waals surface area contributed by atoms with Crippen molar-refractivity contribution in [2.24, 2.45) is 5.73 Å². The van der Waals surface area contributed by atoms with Gasteiger partial charge in [-0.3, -0.25) is 4.98 Å². The summed E-state index contributed by atoms with van der Waals surface area (Å²) < 4.78 is 0. The zero-order chi connectivity index (χ0) is 13.2. The Labute approximate surface area is 111 Å². The van der Waals surface area contributed by atoms with Crippen LogP contribution in [0.3, 0.4) is 0 Å². The number of aromatic hydroxyl groups is 1. The van der Waals surface area contributed by atoms with Crippen LogP contribution in [0.25, 0.3) is 22.0 Å². The molecule has 3 rings (SSSR count). The van der Waals surface area contributed by atoms with E-state index in [0.717, 1.165) is 27.6 Å². The van der Waals surface area contributed by atoms with Gasteiger partial charge in [-0.15, -0.1) is 0 Å². The summed E-state index contributed by atoms with van der Waals surface area (Å²) in [6.45, 7) is 0.520. The smallest absolute Gasteiger partial charge is 0.116 e. The largest absolute Gasteiger partial charge is 0.508 e. The minimum absolute atomic E-state index is 0.258. The van der Waals surface area contributed by atoms with E-state index < -0.39 is 0 Å². The van der Waals surface area contributed by atoms with Crippen molar-refractivity contribution in [1.29, 1.82) is 0 Å². The maximum absolute atomic E-state index is 9.53. The summed E-state index contributed by atoms with van der Waals surface area (Å²) in [6, 6.07) is 15.2. The summed E-state index contributed by atoms with van der Waals surface area (Å²) >= 11 is 0. The summed E-state index contributed by atoms with van der Waals surface area (Å²) in [5.41, 5.74) is 9.62. The average molecular weight is 250 g/mol. The maximum Gasteiger partial charge on any atom is 0.116 e. The molecular formula is C16H14N2O. The molecule has 0 saturated carbocycles. The first-order valence-corrected chi connectivity index (χ1v) is 6.14. The number of aromatic nitrogens is 1. The zero-order valence-electron chi connectivity index (χ0n) is 10.4. The van der Waals surface area contributed by atoms with Crippen LogP contribution in [-0.4, -0.2) is 10.1 Å². The molecule has 0 bridgehead atoms. The van der Waals surface area contributed by atoms with Crippen molar-refractivity contribution in [3.63, 3.8) is 0 Å². The fourth-order valence-electron chi connectivity index (χ4n) is 2.15. The third-order valence-corrected chi connectivity index (χ3v) is 3.16. The van der Waals surface area contributed by atoms with Gasteiger partial charge < -0.3 is 10.8 Å². The summed E-state index contributed by atoms with van der Waals surface area (Å²) in [5.74, 6) is 0.258. The number of benzene rings is 2. The van der Waals surface area contributed by atoms with E-state index in [2.05, 4.69) is 17.1 Å². The quantitative estimate of drug-likeness (QED) is 0.734. The molecule has 0 unspecified atom stereocenters. The molecule has 3 N–H and O–H groups in total. The summed E-state index contributed by atoms with van der Waals surface area (Å²) in [7, 11) is 0. The lowest BCUT2D eigenvalue weighted by atomic mass is 10.0. The molecule has 0 amide bonds. The van der Waals surface area contributed by atoms with Crippen molar-refractivity contribution in [2.75, 3.05) is 0 Å². The van der Waals surface area contributed by atoms with Gasteiger partial charge >= 0.3 is 0 Å². The number of rotatable bonds is 2. The van der Waals surface area contributed by atoms with Gasteiger partial charge in [0.2, 0.25) is 0 Å². The molecular weight excluding hydrogens is 236 g/mol. The molecule has 0 spiro atoms. The molecule has 0 radical (unpaired) electrons. The van der Waals surface area contributed by atoms with Crippen LogP contribution in [0.5, 0.6) is 5.75 Å². The molecule has 3 heteroatoms. The van der Waals surface area contributed by atoms with E-state index >= 15 is 0 Å². The van der Waals surface area contributed by atoms with Crippen LogP contribution < -0.4 is 5.73 Å². The van der Waals surface area contributed by atoms with E-state index in [-0.39, 0.29) is 5.75 Å². The van der Waals surface area contributed by atoms with Crippen molar-refractivity contribution < 1.29 is 5.11 Å². The normalized spacial score (nSPS) is 10.8. The van der Waals surface area contributed by atoms with Crippen LogP contribution in [0.15, 0.2) is 54.7 Å². The second kappa shape index (κ2) is 4.71. The first-order valence-electron chi connectivity index (χ1n) is 6.14. The van der Waals surface area contributed by atoms with Crippen LogP contribution >= 0.6 is 0 Å². The second-order valence-electron chi connectivity index (χ2n) is 4.51. The molecule has 0 atom stereocenters. The molecule has 1 heterocycles. The van der Waals surface area contributed by atoms with E-state index in [1.165, 1.54) is 0 Å². The Morgan fingerprint density at radius 3 is 2.68 bits per heavy atom. The Balaban J connectivity index is 2.15. The Morgan fingerprint density at radius 2 is 1.89 bits per heavy atom. The molecule has 0 aliphatic heterocycles. The van der Waals surface area contributed by atoms with Gasteiger partial charge in [0.15, 0.2) is 0 Å². The highest BCUT2D eigenvalue weighted by Crippen LogP contribution is 2.25. The van der Waals surface area contributed by atoms with Crippen molar-refractivity contribution in [3.8, 4) is 16.9 Å². The molecule has 19 heavy (non-hydrogen) atoms. The molecule has 1 aromatic heterocycles. The number of phenolic OH excluding ortho intramolecular Hbond substituents is 1. The Hall–Kier alpha value is -2.39. The van der Waals surface area contributed by atoms with Crippen LogP contribution in [0, 0.1) is 0 Å². The van der Waals surface area contributed by atoms with E-state index in [9.17, 15) is 5.11 Å². The standard InChI is InChI=1S/C16H14N2O/c17-9-11-4-5-16-13(6-11)7-14(10-18-16)12-2-1-3-15(19)8-12/h1-8,10,19H,9,17H2. The van der Waals surface area contributed by atoms with Crippen molar-refractivity contribution >= 4 is 10.9 Å². The molecule has 0 aliphatic carbocycles. The fraction of sp³-hybridized carbons (Fsp3) is 0.0625. The van der Waals surface area contributed by atoms with Gasteiger partial charge in [-0.1, -0.05) is 18.2 Å². The number of phenols is 1. The summed E-state index contributed by atoms with van der Waals surface area (Å²) in [6.07, 6.45) is 1.82. The van der Waals surface area contributed by atoms with Gasteiger partial charge in [0.1, 0.15) is 5.75 Å². The molecule has 0 fully saturated rings. The number of nitrogens with two attached hydrogens (primary N) is 1. The predicted octanol–water partition coefficient (Wildman–Crippen LogP) is 3.07.